The van der Waals surface area contributed by atoms with Crippen LogP contribution in [0.15, 0.2) is 78.9 Å². The molecule has 0 spiro atoms. The number of carbonyl (C=O) groups is 1. The van der Waals surface area contributed by atoms with Crippen LogP contribution >= 0.6 is 0 Å². The monoisotopic (exact) mass is 400 g/mol. The lowest BCUT2D eigenvalue weighted by atomic mass is 10.1. The van der Waals surface area contributed by atoms with Crippen molar-refractivity contribution < 1.29 is 9.90 Å². The summed E-state index contributed by atoms with van der Waals surface area (Å²) in [7, 11) is 0. The van der Waals surface area contributed by atoms with E-state index in [1.165, 1.54) is 0 Å². The minimum Gasteiger partial charge on any atom is -0.392 e. The zero-order valence-electron chi connectivity index (χ0n) is 16.7. The zero-order chi connectivity index (χ0) is 20.9. The van der Waals surface area contributed by atoms with Crippen LogP contribution in [0.2, 0.25) is 0 Å². The van der Waals surface area contributed by atoms with E-state index in [4.69, 9.17) is 0 Å². The fourth-order valence-corrected chi connectivity index (χ4v) is 3.33. The summed E-state index contributed by atoms with van der Waals surface area (Å²) < 4.78 is 1.82. The number of benzene rings is 3. The van der Waals surface area contributed by atoms with Gasteiger partial charge in [0.1, 0.15) is 6.54 Å². The number of rotatable bonds is 7. The lowest BCUT2D eigenvalue weighted by molar-refractivity contribution is -0.116. The van der Waals surface area contributed by atoms with Crippen molar-refractivity contribution in [2.75, 3.05) is 17.2 Å². The molecule has 0 bridgehead atoms. The second-order valence-corrected chi connectivity index (χ2v) is 7.23. The van der Waals surface area contributed by atoms with Gasteiger partial charge in [-0.25, -0.2) is 4.98 Å². The maximum Gasteiger partial charge on any atom is 0.244 e. The van der Waals surface area contributed by atoms with Crippen molar-refractivity contribution in [3.63, 3.8) is 0 Å². The quantitative estimate of drug-likeness (QED) is 0.436. The summed E-state index contributed by atoms with van der Waals surface area (Å²) in [5, 5.41) is 15.7. The highest BCUT2D eigenvalue weighted by molar-refractivity contribution is 5.92. The number of aliphatic hydroxyl groups excluding tert-OH is 1. The van der Waals surface area contributed by atoms with Crippen LogP contribution in [0, 0.1) is 0 Å². The number of amides is 1. The van der Waals surface area contributed by atoms with Gasteiger partial charge in [0.05, 0.1) is 17.1 Å². The van der Waals surface area contributed by atoms with E-state index >= 15 is 0 Å². The van der Waals surface area contributed by atoms with Crippen LogP contribution in [0.4, 0.5) is 11.6 Å². The van der Waals surface area contributed by atoms with Crippen molar-refractivity contribution in [1.29, 1.82) is 0 Å². The average Bonchev–Trinajstić information content (AvgIpc) is 3.11. The highest BCUT2D eigenvalue weighted by Crippen LogP contribution is 2.22. The average molecular weight is 400 g/mol. The predicted octanol–water partition coefficient (Wildman–Crippen LogP) is 4.13. The molecule has 0 saturated heterocycles. The molecule has 3 N–H and O–H groups in total. The smallest absolute Gasteiger partial charge is 0.244 e. The summed E-state index contributed by atoms with van der Waals surface area (Å²) in [5.74, 6) is 0.414. The van der Waals surface area contributed by atoms with Gasteiger partial charge in [-0.2, -0.15) is 0 Å². The molecular formula is C24H24N4O2. The summed E-state index contributed by atoms with van der Waals surface area (Å²) in [6.45, 7) is 2.17. The van der Waals surface area contributed by atoms with Crippen molar-refractivity contribution in [3.8, 4) is 11.1 Å². The minimum absolute atomic E-state index is 0.114. The summed E-state index contributed by atoms with van der Waals surface area (Å²) in [5.41, 5.74) is 4.63. The SMILES string of the molecule is CC(O)CNc1nc2ccccc2n1CC(=O)Nc1ccc(-c2ccccc2)cc1. The lowest BCUT2D eigenvalue weighted by Gasteiger charge is -2.12. The van der Waals surface area contributed by atoms with Gasteiger partial charge in [0.15, 0.2) is 0 Å². The standard InChI is InChI=1S/C24H24N4O2/c1-17(29)15-25-24-27-21-9-5-6-10-22(21)28(24)16-23(30)26-20-13-11-19(12-14-20)18-7-3-2-4-8-18/h2-14,17,29H,15-16H2,1H3,(H,25,27)(H,26,30). The van der Waals surface area contributed by atoms with Gasteiger partial charge in [0, 0.05) is 12.2 Å². The molecule has 6 heteroatoms. The number of anilines is 2. The maximum atomic E-state index is 12.7. The molecule has 4 rings (SSSR count). The van der Waals surface area contributed by atoms with Crippen LogP contribution < -0.4 is 10.6 Å². The van der Waals surface area contributed by atoms with E-state index in [-0.39, 0.29) is 12.5 Å². The molecule has 152 valence electrons. The third-order valence-electron chi connectivity index (χ3n) is 4.79. The summed E-state index contributed by atoms with van der Waals surface area (Å²) in [4.78, 5) is 17.3. The van der Waals surface area contributed by atoms with Crippen LogP contribution in [-0.2, 0) is 11.3 Å². The van der Waals surface area contributed by atoms with Crippen LogP contribution in [-0.4, -0.2) is 33.2 Å². The molecule has 3 aromatic carbocycles. The lowest BCUT2D eigenvalue weighted by Crippen LogP contribution is -2.22. The first-order chi connectivity index (χ1) is 14.6. The fourth-order valence-electron chi connectivity index (χ4n) is 3.33. The fraction of sp³-hybridized carbons (Fsp3) is 0.167. The second-order valence-electron chi connectivity index (χ2n) is 7.23. The number of nitrogens with one attached hydrogen (secondary N) is 2. The number of hydrogen-bond donors (Lipinski definition) is 3. The van der Waals surface area contributed by atoms with Gasteiger partial charge in [-0.1, -0.05) is 54.6 Å². The van der Waals surface area contributed by atoms with Crippen LogP contribution in [0.1, 0.15) is 6.92 Å². The number of para-hydroxylation sites is 2. The van der Waals surface area contributed by atoms with Gasteiger partial charge in [0.2, 0.25) is 11.9 Å². The Kier molecular flexibility index (Phi) is 5.77. The summed E-state index contributed by atoms with van der Waals surface area (Å²) in [6.07, 6.45) is -0.518. The third-order valence-corrected chi connectivity index (χ3v) is 4.79. The highest BCUT2D eigenvalue weighted by Gasteiger charge is 2.14. The second kappa shape index (κ2) is 8.80. The van der Waals surface area contributed by atoms with Gasteiger partial charge in [0.25, 0.3) is 0 Å². The Hall–Kier alpha value is -3.64. The molecule has 4 aromatic rings. The first-order valence-corrected chi connectivity index (χ1v) is 9.93. The van der Waals surface area contributed by atoms with Crippen LogP contribution in [0.5, 0.6) is 0 Å². The molecule has 1 atom stereocenters. The Labute approximate surface area is 175 Å². The van der Waals surface area contributed by atoms with Gasteiger partial charge < -0.3 is 20.3 Å². The first kappa shape index (κ1) is 19.7. The molecule has 1 heterocycles. The van der Waals surface area contributed by atoms with Crippen molar-refractivity contribution in [2.24, 2.45) is 0 Å². The topological polar surface area (TPSA) is 79.2 Å². The largest absolute Gasteiger partial charge is 0.392 e. The molecule has 0 radical (unpaired) electrons. The van der Waals surface area contributed by atoms with E-state index < -0.39 is 6.10 Å². The number of carbonyl (C=O) groups excluding carboxylic acids is 1. The van der Waals surface area contributed by atoms with Crippen LogP contribution in [0.25, 0.3) is 22.2 Å². The van der Waals surface area contributed by atoms with Gasteiger partial charge >= 0.3 is 0 Å². The molecule has 0 aliphatic rings. The Bertz CT molecular complexity index is 1140. The summed E-state index contributed by atoms with van der Waals surface area (Å²) >= 11 is 0. The van der Waals surface area contributed by atoms with Crippen molar-refractivity contribution >= 4 is 28.6 Å². The van der Waals surface area contributed by atoms with E-state index in [9.17, 15) is 9.90 Å². The molecule has 1 aromatic heterocycles. The predicted molar refractivity (Wildman–Crippen MR) is 120 cm³/mol. The third kappa shape index (κ3) is 4.50. The molecule has 0 saturated carbocycles. The Balaban J connectivity index is 1.50. The van der Waals surface area contributed by atoms with Crippen molar-refractivity contribution in [3.05, 3.63) is 78.9 Å². The number of aromatic nitrogens is 2. The van der Waals surface area contributed by atoms with Crippen molar-refractivity contribution in [1.82, 2.24) is 9.55 Å². The van der Waals surface area contributed by atoms with Crippen molar-refractivity contribution in [2.45, 2.75) is 19.6 Å². The number of aliphatic hydroxyl groups is 1. The first-order valence-electron chi connectivity index (χ1n) is 9.93. The van der Waals surface area contributed by atoms with E-state index in [0.29, 0.717) is 12.5 Å². The number of imidazole rings is 1. The molecule has 0 fully saturated rings. The molecule has 1 unspecified atom stereocenters. The molecular weight excluding hydrogens is 376 g/mol. The van der Waals surface area contributed by atoms with E-state index in [1.54, 1.807) is 6.92 Å². The van der Waals surface area contributed by atoms with Gasteiger partial charge in [-0.05, 0) is 42.3 Å². The number of fused-ring (bicyclic) bond motifs is 1. The van der Waals surface area contributed by atoms with Gasteiger partial charge in [-0.3, -0.25) is 4.79 Å². The highest BCUT2D eigenvalue weighted by atomic mass is 16.3. The van der Waals surface area contributed by atoms with E-state index in [0.717, 1.165) is 27.8 Å². The van der Waals surface area contributed by atoms with Crippen LogP contribution in [0.3, 0.4) is 0 Å². The normalized spacial score (nSPS) is 11.9. The van der Waals surface area contributed by atoms with Gasteiger partial charge in [-0.15, -0.1) is 0 Å². The number of nitrogens with zero attached hydrogens (tertiary/aromatic N) is 2. The van der Waals surface area contributed by atoms with E-state index in [2.05, 4.69) is 27.8 Å². The summed E-state index contributed by atoms with van der Waals surface area (Å²) in [6, 6.07) is 25.6. The van der Waals surface area contributed by atoms with E-state index in [1.807, 2.05) is 71.3 Å². The number of hydrogen-bond acceptors (Lipinski definition) is 4. The molecule has 0 aliphatic carbocycles. The Morgan fingerprint density at radius 1 is 0.967 bits per heavy atom. The maximum absolute atomic E-state index is 12.7. The molecule has 1 amide bonds. The molecule has 0 aliphatic heterocycles. The minimum atomic E-state index is -0.518. The zero-order valence-corrected chi connectivity index (χ0v) is 16.7. The Morgan fingerprint density at radius 2 is 1.63 bits per heavy atom. The molecule has 6 nitrogen and oxygen atoms in total. The molecule has 30 heavy (non-hydrogen) atoms. The Morgan fingerprint density at radius 3 is 2.37 bits per heavy atom.